The summed E-state index contributed by atoms with van der Waals surface area (Å²) in [5.41, 5.74) is 3.26. The molecule has 0 aromatic heterocycles. The number of benzene rings is 2. The van der Waals surface area contributed by atoms with Crippen LogP contribution in [0, 0.1) is 0 Å². The van der Waals surface area contributed by atoms with Crippen molar-refractivity contribution in [2.45, 2.75) is 6.92 Å². The zero-order chi connectivity index (χ0) is 21.2. The summed E-state index contributed by atoms with van der Waals surface area (Å²) >= 11 is 0. The number of rotatable bonds is 9. The van der Waals surface area contributed by atoms with Crippen molar-refractivity contribution < 1.29 is 28.9 Å². The summed E-state index contributed by atoms with van der Waals surface area (Å²) in [4.78, 5) is 24.0. The summed E-state index contributed by atoms with van der Waals surface area (Å²) in [6.45, 7) is 1.95. The first-order chi connectivity index (χ1) is 14.0. The Labute approximate surface area is 168 Å². The minimum Gasteiger partial charge on any atom is -0.504 e. The van der Waals surface area contributed by atoms with Crippen LogP contribution in [0.4, 0.5) is 0 Å². The van der Waals surface area contributed by atoms with E-state index in [9.17, 15) is 14.7 Å². The fourth-order valence-corrected chi connectivity index (χ4v) is 2.34. The molecule has 2 aromatic rings. The molecule has 2 rings (SSSR count). The smallest absolute Gasteiger partial charge is 0.259 e. The SMILES string of the molecule is CCOc1cc(C=NNC(=O)CNC(=O)c2ccc(OC)c(OC)c2)ccc1O. The number of aromatic hydroxyl groups is 1. The molecule has 0 heterocycles. The number of phenolic OH excluding ortho intramolecular Hbond substituents is 1. The maximum absolute atomic E-state index is 12.2. The number of amides is 2. The van der Waals surface area contributed by atoms with Crippen LogP contribution >= 0.6 is 0 Å². The number of hydrazone groups is 1. The highest BCUT2D eigenvalue weighted by Gasteiger charge is 2.11. The highest BCUT2D eigenvalue weighted by Crippen LogP contribution is 2.27. The molecule has 0 saturated carbocycles. The Bertz CT molecular complexity index is 898. The van der Waals surface area contributed by atoms with Crippen molar-refractivity contribution in [1.29, 1.82) is 0 Å². The molecule has 0 radical (unpaired) electrons. The summed E-state index contributed by atoms with van der Waals surface area (Å²) in [5, 5.41) is 16.0. The molecule has 29 heavy (non-hydrogen) atoms. The van der Waals surface area contributed by atoms with Gasteiger partial charge in [-0.05, 0) is 48.9 Å². The highest BCUT2D eigenvalue weighted by molar-refractivity contribution is 5.97. The van der Waals surface area contributed by atoms with Crippen LogP contribution in [-0.4, -0.2) is 50.5 Å². The second-order valence-electron chi connectivity index (χ2n) is 5.71. The number of hydrogen-bond acceptors (Lipinski definition) is 7. The maximum Gasteiger partial charge on any atom is 0.259 e. The van der Waals surface area contributed by atoms with Crippen molar-refractivity contribution in [2.24, 2.45) is 5.10 Å². The average Bonchev–Trinajstić information content (AvgIpc) is 2.73. The third kappa shape index (κ3) is 6.13. The minimum atomic E-state index is -0.501. The van der Waals surface area contributed by atoms with E-state index in [0.29, 0.717) is 35.0 Å². The van der Waals surface area contributed by atoms with Gasteiger partial charge in [0.25, 0.3) is 11.8 Å². The van der Waals surface area contributed by atoms with Crippen LogP contribution in [0.1, 0.15) is 22.8 Å². The van der Waals surface area contributed by atoms with Crippen molar-refractivity contribution in [1.82, 2.24) is 10.7 Å². The fourth-order valence-electron chi connectivity index (χ4n) is 2.34. The fraction of sp³-hybridized carbons (Fsp3) is 0.250. The molecule has 0 unspecified atom stereocenters. The summed E-state index contributed by atoms with van der Waals surface area (Å²) in [7, 11) is 2.97. The van der Waals surface area contributed by atoms with Crippen LogP contribution in [0.3, 0.4) is 0 Å². The van der Waals surface area contributed by atoms with Gasteiger partial charge in [0.15, 0.2) is 23.0 Å². The number of carbonyl (C=O) groups excluding carboxylic acids is 2. The molecule has 3 N–H and O–H groups in total. The lowest BCUT2D eigenvalue weighted by Gasteiger charge is -2.09. The molecule has 9 nitrogen and oxygen atoms in total. The van der Waals surface area contributed by atoms with Crippen molar-refractivity contribution in [3.63, 3.8) is 0 Å². The molecule has 2 amide bonds. The molecule has 154 valence electrons. The predicted molar refractivity (Wildman–Crippen MR) is 107 cm³/mol. The van der Waals surface area contributed by atoms with Gasteiger partial charge in [-0.2, -0.15) is 5.10 Å². The molecule has 0 aliphatic carbocycles. The number of methoxy groups -OCH3 is 2. The lowest BCUT2D eigenvalue weighted by atomic mass is 10.2. The van der Waals surface area contributed by atoms with Gasteiger partial charge >= 0.3 is 0 Å². The largest absolute Gasteiger partial charge is 0.504 e. The van der Waals surface area contributed by atoms with E-state index in [4.69, 9.17) is 14.2 Å². The molecule has 0 saturated heterocycles. The number of hydrogen-bond donors (Lipinski definition) is 3. The highest BCUT2D eigenvalue weighted by atomic mass is 16.5. The lowest BCUT2D eigenvalue weighted by molar-refractivity contribution is -0.120. The van der Waals surface area contributed by atoms with Gasteiger partial charge in [0.1, 0.15) is 0 Å². The molecule has 0 spiro atoms. The van der Waals surface area contributed by atoms with Gasteiger partial charge in [0, 0.05) is 5.56 Å². The predicted octanol–water partition coefficient (Wildman–Crippen LogP) is 1.69. The van der Waals surface area contributed by atoms with Crippen molar-refractivity contribution in [3.8, 4) is 23.0 Å². The number of ether oxygens (including phenoxy) is 3. The molecule has 9 heteroatoms. The molecular formula is C20H23N3O6. The van der Waals surface area contributed by atoms with E-state index in [-0.39, 0.29) is 12.3 Å². The second-order valence-corrected chi connectivity index (χ2v) is 5.71. The van der Waals surface area contributed by atoms with Crippen LogP contribution < -0.4 is 25.0 Å². The van der Waals surface area contributed by atoms with Crippen molar-refractivity contribution in [2.75, 3.05) is 27.4 Å². The standard InChI is InChI=1S/C20H23N3O6/c1-4-29-17-9-13(5-7-15(17)24)11-22-23-19(25)12-21-20(26)14-6-8-16(27-2)18(10-14)28-3/h5-11,24H,4,12H2,1-3H3,(H,21,26)(H,23,25). The van der Waals surface area contributed by atoms with E-state index < -0.39 is 11.8 Å². The zero-order valence-electron chi connectivity index (χ0n) is 16.4. The number of nitrogens with zero attached hydrogens (tertiary/aromatic N) is 1. The summed E-state index contributed by atoms with van der Waals surface area (Å²) < 4.78 is 15.5. The van der Waals surface area contributed by atoms with Gasteiger partial charge in [-0.15, -0.1) is 0 Å². The van der Waals surface area contributed by atoms with E-state index in [2.05, 4.69) is 15.8 Å². The number of carbonyl (C=O) groups is 2. The van der Waals surface area contributed by atoms with Gasteiger partial charge in [0.2, 0.25) is 0 Å². The van der Waals surface area contributed by atoms with E-state index in [1.54, 1.807) is 31.2 Å². The van der Waals surface area contributed by atoms with Crippen molar-refractivity contribution >= 4 is 18.0 Å². The number of nitrogens with one attached hydrogen (secondary N) is 2. The van der Waals surface area contributed by atoms with Crippen LogP contribution in [0.5, 0.6) is 23.0 Å². The first-order valence-electron chi connectivity index (χ1n) is 8.76. The van der Waals surface area contributed by atoms with E-state index in [1.807, 2.05) is 0 Å². The topological polar surface area (TPSA) is 118 Å². The Kier molecular flexibility index (Phi) is 7.84. The molecule has 0 atom stereocenters. The molecular weight excluding hydrogens is 378 g/mol. The van der Waals surface area contributed by atoms with Gasteiger partial charge in [0.05, 0.1) is 33.6 Å². The van der Waals surface area contributed by atoms with Gasteiger partial charge in [-0.3, -0.25) is 9.59 Å². The maximum atomic E-state index is 12.2. The Morgan fingerprint density at radius 2 is 1.83 bits per heavy atom. The monoisotopic (exact) mass is 401 g/mol. The molecule has 0 bridgehead atoms. The molecule has 0 aliphatic rings. The zero-order valence-corrected chi connectivity index (χ0v) is 16.4. The normalized spacial score (nSPS) is 10.4. The summed E-state index contributed by atoms with van der Waals surface area (Å²) in [6, 6.07) is 9.36. The van der Waals surface area contributed by atoms with E-state index in [0.717, 1.165) is 0 Å². The molecule has 2 aromatic carbocycles. The lowest BCUT2D eigenvalue weighted by Crippen LogP contribution is -2.34. The summed E-state index contributed by atoms with van der Waals surface area (Å²) in [5.74, 6) is 0.312. The Hall–Kier alpha value is -3.75. The van der Waals surface area contributed by atoms with Crippen LogP contribution in [0.2, 0.25) is 0 Å². The minimum absolute atomic E-state index is 0.0194. The Morgan fingerprint density at radius 1 is 1.07 bits per heavy atom. The first-order valence-corrected chi connectivity index (χ1v) is 8.76. The third-order valence-electron chi connectivity index (χ3n) is 3.74. The quantitative estimate of drug-likeness (QED) is 0.435. The van der Waals surface area contributed by atoms with Crippen molar-refractivity contribution in [3.05, 3.63) is 47.5 Å². The molecule has 0 fully saturated rings. The van der Waals surface area contributed by atoms with Gasteiger partial charge in [-0.1, -0.05) is 0 Å². The molecule has 0 aliphatic heterocycles. The van der Waals surface area contributed by atoms with Gasteiger partial charge < -0.3 is 24.6 Å². The number of phenols is 1. The van der Waals surface area contributed by atoms with Crippen LogP contribution in [0.25, 0.3) is 0 Å². The van der Waals surface area contributed by atoms with Gasteiger partial charge in [-0.25, -0.2) is 5.43 Å². The Balaban J connectivity index is 1.87. The van der Waals surface area contributed by atoms with Crippen LogP contribution in [0.15, 0.2) is 41.5 Å². The van der Waals surface area contributed by atoms with E-state index >= 15 is 0 Å². The Morgan fingerprint density at radius 3 is 2.52 bits per heavy atom. The summed E-state index contributed by atoms with van der Waals surface area (Å²) in [6.07, 6.45) is 1.40. The van der Waals surface area contributed by atoms with Crippen LogP contribution in [-0.2, 0) is 4.79 Å². The first kappa shape index (κ1) is 21.5. The average molecular weight is 401 g/mol. The second kappa shape index (κ2) is 10.5. The third-order valence-corrected chi connectivity index (χ3v) is 3.74. The van der Waals surface area contributed by atoms with E-state index in [1.165, 1.54) is 32.6 Å².